The zero-order valence-corrected chi connectivity index (χ0v) is 18.6. The van der Waals surface area contributed by atoms with Crippen molar-refractivity contribution in [2.24, 2.45) is 5.10 Å². The third-order valence-electron chi connectivity index (χ3n) is 4.22. The highest BCUT2D eigenvalue weighted by Crippen LogP contribution is 2.20. The lowest BCUT2D eigenvalue weighted by Crippen LogP contribution is -2.29. The van der Waals surface area contributed by atoms with Crippen LogP contribution in [-0.4, -0.2) is 26.8 Å². The van der Waals surface area contributed by atoms with Gasteiger partial charge in [-0.25, -0.2) is 13.8 Å². The Bertz CT molecular complexity index is 1150. The molecule has 0 aliphatic carbocycles. The summed E-state index contributed by atoms with van der Waals surface area (Å²) in [6, 6.07) is 23.2. The molecule has 6 nitrogen and oxygen atoms in total. The van der Waals surface area contributed by atoms with Gasteiger partial charge in [0.15, 0.2) is 0 Å². The number of sulfonamides is 1. The number of hydrogen-bond acceptors (Lipinski definition) is 4. The van der Waals surface area contributed by atoms with Gasteiger partial charge in [-0.1, -0.05) is 58.4 Å². The predicted molar refractivity (Wildman–Crippen MR) is 123 cm³/mol. The Morgan fingerprint density at radius 1 is 1.03 bits per heavy atom. The summed E-state index contributed by atoms with van der Waals surface area (Å²) < 4.78 is 26.7. The van der Waals surface area contributed by atoms with Gasteiger partial charge in [-0.05, 0) is 47.5 Å². The average Bonchev–Trinajstić information content (AvgIpc) is 2.72. The van der Waals surface area contributed by atoms with Crippen LogP contribution in [-0.2, 0) is 16.6 Å². The number of hydrogen-bond donors (Lipinski definition) is 1. The van der Waals surface area contributed by atoms with Crippen LogP contribution in [0, 0.1) is 0 Å². The fraction of sp³-hybridized carbons (Fsp3) is 0.0909. The Hall–Kier alpha value is -2.97. The van der Waals surface area contributed by atoms with E-state index in [9.17, 15) is 13.2 Å². The zero-order chi connectivity index (χ0) is 21.6. The summed E-state index contributed by atoms with van der Waals surface area (Å²) in [6.45, 7) is 0.172. The van der Waals surface area contributed by atoms with Crippen LogP contribution in [0.15, 0.2) is 88.4 Å². The minimum atomic E-state index is -3.45. The molecule has 0 aliphatic heterocycles. The molecule has 3 aromatic rings. The summed E-state index contributed by atoms with van der Waals surface area (Å²) in [6.07, 6.45) is 2.73. The van der Waals surface area contributed by atoms with Crippen molar-refractivity contribution in [3.05, 3.63) is 100 Å². The molecule has 0 atom stereocenters. The number of hydrazone groups is 1. The number of amides is 1. The van der Waals surface area contributed by atoms with Crippen LogP contribution in [0.5, 0.6) is 0 Å². The van der Waals surface area contributed by atoms with Gasteiger partial charge in [0.1, 0.15) is 0 Å². The molecule has 0 radical (unpaired) electrons. The first-order valence-corrected chi connectivity index (χ1v) is 11.7. The normalized spacial score (nSPS) is 11.4. The highest BCUT2D eigenvalue weighted by atomic mass is 79.9. The quantitative estimate of drug-likeness (QED) is 0.402. The molecule has 3 aromatic carbocycles. The van der Waals surface area contributed by atoms with E-state index >= 15 is 0 Å². The number of para-hydroxylation sites is 1. The van der Waals surface area contributed by atoms with Gasteiger partial charge in [-0.2, -0.15) is 5.10 Å². The van der Waals surface area contributed by atoms with Crippen molar-refractivity contribution < 1.29 is 13.2 Å². The second-order valence-corrected chi connectivity index (χ2v) is 9.38. The van der Waals surface area contributed by atoms with E-state index in [1.807, 2.05) is 30.3 Å². The van der Waals surface area contributed by atoms with Crippen LogP contribution in [0.3, 0.4) is 0 Å². The van der Waals surface area contributed by atoms with Gasteiger partial charge in [-0.15, -0.1) is 0 Å². The lowest BCUT2D eigenvalue weighted by atomic mass is 10.1. The summed E-state index contributed by atoms with van der Waals surface area (Å²) >= 11 is 3.38. The summed E-state index contributed by atoms with van der Waals surface area (Å²) in [5.74, 6) is -0.351. The molecule has 0 spiro atoms. The standard InChI is InChI=1S/C22H20BrN3O3S/c1-30(28,29)26(21-8-3-2-4-9-21)16-17-10-12-19(13-11-17)22(27)25-24-15-18-6-5-7-20(23)14-18/h2-15H,16H2,1H3,(H,25,27)/b24-15+. The first kappa shape index (κ1) is 21.7. The van der Waals surface area contributed by atoms with Crippen molar-refractivity contribution in [3.8, 4) is 0 Å². The fourth-order valence-electron chi connectivity index (χ4n) is 2.74. The fourth-order valence-corrected chi connectivity index (χ4v) is 4.04. The number of nitrogens with zero attached hydrogens (tertiary/aromatic N) is 2. The van der Waals surface area contributed by atoms with E-state index in [-0.39, 0.29) is 12.5 Å². The van der Waals surface area contributed by atoms with Crippen LogP contribution in [0.2, 0.25) is 0 Å². The molecule has 0 bridgehead atoms. The molecule has 0 aromatic heterocycles. The summed E-state index contributed by atoms with van der Waals surface area (Å²) in [4.78, 5) is 12.3. The van der Waals surface area contributed by atoms with E-state index in [4.69, 9.17) is 0 Å². The molecule has 0 fully saturated rings. The van der Waals surface area contributed by atoms with Crippen LogP contribution in [0.4, 0.5) is 5.69 Å². The van der Waals surface area contributed by atoms with Crippen molar-refractivity contribution in [1.29, 1.82) is 0 Å². The molecule has 0 saturated heterocycles. The highest BCUT2D eigenvalue weighted by molar-refractivity contribution is 9.10. The predicted octanol–water partition coefficient (Wildman–Crippen LogP) is 4.18. The Labute approximate surface area is 184 Å². The van der Waals surface area contributed by atoms with Crippen molar-refractivity contribution in [3.63, 3.8) is 0 Å². The maximum Gasteiger partial charge on any atom is 0.271 e. The van der Waals surface area contributed by atoms with Crippen molar-refractivity contribution in [2.45, 2.75) is 6.54 Å². The number of rotatable bonds is 7. The molecule has 0 heterocycles. The van der Waals surface area contributed by atoms with E-state index in [1.54, 1.807) is 54.7 Å². The Kier molecular flexibility index (Phi) is 7.02. The van der Waals surface area contributed by atoms with Crippen molar-refractivity contribution in [2.75, 3.05) is 10.6 Å². The van der Waals surface area contributed by atoms with Gasteiger partial charge in [0.25, 0.3) is 5.91 Å². The third kappa shape index (κ3) is 6.01. The summed E-state index contributed by atoms with van der Waals surface area (Å²) in [5.41, 5.74) is 5.11. The Morgan fingerprint density at radius 2 is 1.73 bits per heavy atom. The first-order valence-electron chi connectivity index (χ1n) is 9.03. The molecule has 0 unspecified atom stereocenters. The monoisotopic (exact) mass is 485 g/mol. The smallest absolute Gasteiger partial charge is 0.267 e. The number of carbonyl (C=O) groups is 1. The number of benzene rings is 3. The third-order valence-corrected chi connectivity index (χ3v) is 5.85. The van der Waals surface area contributed by atoms with Crippen molar-refractivity contribution in [1.82, 2.24) is 5.43 Å². The topological polar surface area (TPSA) is 78.8 Å². The van der Waals surface area contributed by atoms with Gasteiger partial charge in [0.2, 0.25) is 10.0 Å². The number of carbonyl (C=O) groups excluding carboxylic acids is 1. The van der Waals surface area contributed by atoms with E-state index in [2.05, 4.69) is 26.5 Å². The molecule has 0 saturated carbocycles. The molecular weight excluding hydrogens is 466 g/mol. The van der Waals surface area contributed by atoms with Gasteiger partial charge in [-0.3, -0.25) is 9.10 Å². The molecule has 1 N–H and O–H groups in total. The van der Waals surface area contributed by atoms with E-state index in [0.717, 1.165) is 15.6 Å². The van der Waals surface area contributed by atoms with Crippen LogP contribution < -0.4 is 9.73 Å². The van der Waals surface area contributed by atoms with Gasteiger partial charge < -0.3 is 0 Å². The van der Waals surface area contributed by atoms with Crippen LogP contribution in [0.1, 0.15) is 21.5 Å². The molecule has 154 valence electrons. The minimum Gasteiger partial charge on any atom is -0.267 e. The molecule has 8 heteroatoms. The van der Waals surface area contributed by atoms with Crippen LogP contribution in [0.25, 0.3) is 0 Å². The number of nitrogens with one attached hydrogen (secondary N) is 1. The van der Waals surface area contributed by atoms with E-state index in [1.165, 1.54) is 10.6 Å². The SMILES string of the molecule is CS(=O)(=O)N(Cc1ccc(C(=O)N/N=C/c2cccc(Br)c2)cc1)c1ccccc1. The van der Waals surface area contributed by atoms with E-state index < -0.39 is 10.0 Å². The maximum absolute atomic E-state index is 12.3. The number of halogens is 1. The summed E-state index contributed by atoms with van der Waals surface area (Å²) in [5, 5.41) is 3.97. The lowest BCUT2D eigenvalue weighted by molar-refractivity contribution is 0.0955. The second kappa shape index (κ2) is 9.69. The molecule has 3 rings (SSSR count). The molecule has 0 aliphatic rings. The summed E-state index contributed by atoms with van der Waals surface area (Å²) in [7, 11) is -3.45. The second-order valence-electron chi connectivity index (χ2n) is 6.56. The zero-order valence-electron chi connectivity index (χ0n) is 16.2. The molecule has 30 heavy (non-hydrogen) atoms. The highest BCUT2D eigenvalue weighted by Gasteiger charge is 2.17. The van der Waals surface area contributed by atoms with Gasteiger partial charge in [0, 0.05) is 10.0 Å². The van der Waals surface area contributed by atoms with Crippen molar-refractivity contribution >= 4 is 43.8 Å². The lowest BCUT2D eigenvalue weighted by Gasteiger charge is -2.22. The molecule has 1 amide bonds. The maximum atomic E-state index is 12.3. The van der Waals surface area contributed by atoms with Crippen LogP contribution >= 0.6 is 15.9 Å². The average molecular weight is 486 g/mol. The molecular formula is C22H20BrN3O3S. The van der Waals surface area contributed by atoms with Gasteiger partial charge >= 0.3 is 0 Å². The first-order chi connectivity index (χ1) is 14.3. The Morgan fingerprint density at radius 3 is 2.37 bits per heavy atom. The minimum absolute atomic E-state index is 0.172. The van der Waals surface area contributed by atoms with E-state index in [0.29, 0.717) is 11.3 Å². The number of anilines is 1. The largest absolute Gasteiger partial charge is 0.271 e. The van der Waals surface area contributed by atoms with Gasteiger partial charge in [0.05, 0.1) is 24.7 Å². The Balaban J connectivity index is 1.67.